The molecule has 1 N–H and O–H groups in total. The number of hydrogen-bond acceptors (Lipinski definition) is 5. The van der Waals surface area contributed by atoms with Crippen molar-refractivity contribution in [2.75, 3.05) is 26.6 Å². The highest BCUT2D eigenvalue weighted by molar-refractivity contribution is 5.51. The summed E-state index contributed by atoms with van der Waals surface area (Å²) in [4.78, 5) is 0. The van der Waals surface area contributed by atoms with Crippen LogP contribution in [0.15, 0.2) is 12.1 Å². The molecule has 1 aliphatic heterocycles. The van der Waals surface area contributed by atoms with Gasteiger partial charge >= 0.3 is 0 Å². The third-order valence-electron chi connectivity index (χ3n) is 2.91. The lowest BCUT2D eigenvalue weighted by molar-refractivity contribution is 0.0550. The van der Waals surface area contributed by atoms with E-state index in [-0.39, 0.29) is 12.9 Å². The molecule has 0 saturated carbocycles. The van der Waals surface area contributed by atoms with E-state index in [4.69, 9.17) is 18.9 Å². The predicted molar refractivity (Wildman–Crippen MR) is 76.5 cm³/mol. The van der Waals surface area contributed by atoms with Crippen molar-refractivity contribution in [3.05, 3.63) is 17.7 Å². The summed E-state index contributed by atoms with van der Waals surface area (Å²) >= 11 is 0. The van der Waals surface area contributed by atoms with E-state index >= 15 is 0 Å². The molecule has 1 aromatic rings. The van der Waals surface area contributed by atoms with Crippen molar-refractivity contribution in [3.63, 3.8) is 0 Å². The summed E-state index contributed by atoms with van der Waals surface area (Å²) in [6.07, 6.45) is 0.219. The van der Waals surface area contributed by atoms with E-state index in [1.165, 1.54) is 0 Å². The third kappa shape index (κ3) is 4.02. The van der Waals surface area contributed by atoms with Crippen LogP contribution in [0.5, 0.6) is 17.2 Å². The average molecular weight is 281 g/mol. The number of nitrogens with one attached hydrogen (secondary N) is 1. The topological polar surface area (TPSA) is 49.0 Å². The molecule has 0 bridgehead atoms. The average Bonchev–Trinajstić information content (AvgIpc) is 2.87. The van der Waals surface area contributed by atoms with E-state index in [9.17, 15) is 0 Å². The number of rotatable bonds is 8. The molecule has 1 heterocycles. The van der Waals surface area contributed by atoms with Crippen molar-refractivity contribution < 1.29 is 18.9 Å². The van der Waals surface area contributed by atoms with Gasteiger partial charge in [0.1, 0.15) is 12.4 Å². The fourth-order valence-electron chi connectivity index (χ4n) is 1.93. The van der Waals surface area contributed by atoms with Crippen LogP contribution in [0.3, 0.4) is 0 Å². The summed E-state index contributed by atoms with van der Waals surface area (Å²) in [5, 5.41) is 3.30. The molecule has 2 rings (SSSR count). The number of benzene rings is 1. The van der Waals surface area contributed by atoms with Crippen molar-refractivity contribution in [1.29, 1.82) is 0 Å². The van der Waals surface area contributed by atoms with E-state index in [0.717, 1.165) is 35.9 Å². The zero-order chi connectivity index (χ0) is 14.4. The van der Waals surface area contributed by atoms with Gasteiger partial charge in [0.25, 0.3) is 0 Å². The molecule has 0 aromatic heterocycles. The van der Waals surface area contributed by atoms with Crippen LogP contribution in [0.25, 0.3) is 0 Å². The lowest BCUT2D eigenvalue weighted by atomic mass is 10.1. The standard InChI is InChI=1S/C15H23NO4/c1-4-16-9-12-7-14-15(20-10-19-14)8-13(12)18-6-5-17-11(2)3/h7-8,11,16H,4-6,9-10H2,1-3H3. The molecular weight excluding hydrogens is 258 g/mol. The molecule has 1 aliphatic rings. The molecule has 0 atom stereocenters. The van der Waals surface area contributed by atoms with E-state index in [1.54, 1.807) is 0 Å². The Labute approximate surface area is 120 Å². The van der Waals surface area contributed by atoms with Gasteiger partial charge in [-0.1, -0.05) is 6.92 Å². The van der Waals surface area contributed by atoms with Crippen LogP contribution in [-0.2, 0) is 11.3 Å². The van der Waals surface area contributed by atoms with E-state index < -0.39 is 0 Å². The van der Waals surface area contributed by atoms with Gasteiger partial charge in [-0.2, -0.15) is 0 Å². The Hall–Kier alpha value is -1.46. The van der Waals surface area contributed by atoms with Gasteiger partial charge in [-0.05, 0) is 26.5 Å². The van der Waals surface area contributed by atoms with Crippen molar-refractivity contribution in [2.24, 2.45) is 0 Å². The second kappa shape index (κ2) is 7.36. The first-order chi connectivity index (χ1) is 9.70. The zero-order valence-electron chi connectivity index (χ0n) is 12.4. The lowest BCUT2D eigenvalue weighted by Gasteiger charge is -2.14. The molecule has 112 valence electrons. The first-order valence-corrected chi connectivity index (χ1v) is 7.08. The highest BCUT2D eigenvalue weighted by Crippen LogP contribution is 2.38. The highest BCUT2D eigenvalue weighted by atomic mass is 16.7. The maximum absolute atomic E-state index is 5.81. The van der Waals surface area contributed by atoms with Gasteiger partial charge in [-0.15, -0.1) is 0 Å². The van der Waals surface area contributed by atoms with E-state index in [1.807, 2.05) is 26.0 Å². The normalized spacial score (nSPS) is 13.0. The van der Waals surface area contributed by atoms with Crippen LogP contribution >= 0.6 is 0 Å². The van der Waals surface area contributed by atoms with Crippen molar-refractivity contribution in [1.82, 2.24) is 5.32 Å². The largest absolute Gasteiger partial charge is 0.491 e. The molecule has 0 amide bonds. The molecule has 1 aromatic carbocycles. The van der Waals surface area contributed by atoms with Gasteiger partial charge in [0.2, 0.25) is 6.79 Å². The van der Waals surface area contributed by atoms with Crippen molar-refractivity contribution in [3.8, 4) is 17.2 Å². The second-order valence-electron chi connectivity index (χ2n) is 4.86. The molecule has 0 spiro atoms. The van der Waals surface area contributed by atoms with Crippen LogP contribution < -0.4 is 19.5 Å². The summed E-state index contributed by atoms with van der Waals surface area (Å²) in [6.45, 7) is 9.12. The fourth-order valence-corrected chi connectivity index (χ4v) is 1.93. The minimum Gasteiger partial charge on any atom is -0.491 e. The van der Waals surface area contributed by atoms with E-state index in [2.05, 4.69) is 12.2 Å². The Balaban J connectivity index is 2.00. The molecule has 0 aliphatic carbocycles. The minimum absolute atomic E-state index is 0.219. The Morgan fingerprint density at radius 2 is 1.95 bits per heavy atom. The van der Waals surface area contributed by atoms with Gasteiger partial charge < -0.3 is 24.3 Å². The first-order valence-electron chi connectivity index (χ1n) is 7.08. The van der Waals surface area contributed by atoms with Gasteiger partial charge in [0.05, 0.1) is 12.7 Å². The van der Waals surface area contributed by atoms with Crippen LogP contribution in [-0.4, -0.2) is 32.7 Å². The van der Waals surface area contributed by atoms with Crippen LogP contribution in [0.4, 0.5) is 0 Å². The molecule has 5 nitrogen and oxygen atoms in total. The number of fused-ring (bicyclic) bond motifs is 1. The SMILES string of the molecule is CCNCc1cc2c(cc1OCCOC(C)C)OCO2. The molecule has 0 unspecified atom stereocenters. The molecule has 0 radical (unpaired) electrons. The van der Waals surface area contributed by atoms with Gasteiger partial charge in [0, 0.05) is 18.2 Å². The monoisotopic (exact) mass is 281 g/mol. The quantitative estimate of drug-likeness (QED) is 0.741. The third-order valence-corrected chi connectivity index (χ3v) is 2.91. The van der Waals surface area contributed by atoms with Crippen LogP contribution in [0.1, 0.15) is 26.3 Å². The fraction of sp³-hybridized carbons (Fsp3) is 0.600. The van der Waals surface area contributed by atoms with Crippen LogP contribution in [0, 0.1) is 0 Å². The highest BCUT2D eigenvalue weighted by Gasteiger charge is 2.17. The minimum atomic E-state index is 0.219. The zero-order valence-corrected chi connectivity index (χ0v) is 12.4. The molecule has 0 fully saturated rings. The summed E-state index contributed by atoms with van der Waals surface area (Å²) in [5.41, 5.74) is 1.07. The summed E-state index contributed by atoms with van der Waals surface area (Å²) in [5.74, 6) is 2.34. The number of ether oxygens (including phenoxy) is 4. The lowest BCUT2D eigenvalue weighted by Crippen LogP contribution is -2.15. The number of hydrogen-bond donors (Lipinski definition) is 1. The Morgan fingerprint density at radius 3 is 2.65 bits per heavy atom. The molecule has 20 heavy (non-hydrogen) atoms. The maximum atomic E-state index is 5.81. The second-order valence-corrected chi connectivity index (χ2v) is 4.86. The van der Waals surface area contributed by atoms with Gasteiger partial charge in [0.15, 0.2) is 11.5 Å². The Morgan fingerprint density at radius 1 is 1.20 bits per heavy atom. The molecular formula is C15H23NO4. The Bertz CT molecular complexity index is 434. The Kier molecular flexibility index (Phi) is 5.49. The summed E-state index contributed by atoms with van der Waals surface area (Å²) in [6, 6.07) is 3.87. The smallest absolute Gasteiger partial charge is 0.231 e. The van der Waals surface area contributed by atoms with Crippen molar-refractivity contribution >= 4 is 0 Å². The molecule has 0 saturated heterocycles. The first kappa shape index (κ1) is 14.9. The summed E-state index contributed by atoms with van der Waals surface area (Å²) < 4.78 is 22.1. The van der Waals surface area contributed by atoms with Gasteiger partial charge in [-0.25, -0.2) is 0 Å². The molecule has 5 heteroatoms. The summed E-state index contributed by atoms with van der Waals surface area (Å²) in [7, 11) is 0. The van der Waals surface area contributed by atoms with Crippen molar-refractivity contribution in [2.45, 2.75) is 33.4 Å². The predicted octanol–water partition coefficient (Wildman–Crippen LogP) is 2.33. The van der Waals surface area contributed by atoms with E-state index in [0.29, 0.717) is 13.2 Å². The van der Waals surface area contributed by atoms with Gasteiger partial charge in [-0.3, -0.25) is 0 Å². The van der Waals surface area contributed by atoms with Crippen LogP contribution in [0.2, 0.25) is 0 Å². The maximum Gasteiger partial charge on any atom is 0.231 e.